The van der Waals surface area contributed by atoms with Gasteiger partial charge in [0.05, 0.1) is 14.7 Å². The molecular weight excluding hydrogens is 275 g/mol. The molecule has 0 unspecified atom stereocenters. The third-order valence-corrected chi connectivity index (χ3v) is 3.87. The van der Waals surface area contributed by atoms with Gasteiger partial charge in [-0.3, -0.25) is 0 Å². The smallest absolute Gasteiger partial charge is 0.171 e. The fourth-order valence-corrected chi connectivity index (χ4v) is 2.80. The Morgan fingerprint density at radius 1 is 0.941 bits per heavy atom. The maximum atomic E-state index is 6.14. The number of hydrogen-bond acceptors (Lipinski definition) is 3. The first-order chi connectivity index (χ1) is 8.24. The summed E-state index contributed by atoms with van der Waals surface area (Å²) in [6, 6.07) is 11.4. The minimum atomic E-state index is 0.468. The molecule has 3 rings (SSSR count). The van der Waals surface area contributed by atoms with Crippen LogP contribution in [0.25, 0.3) is 21.6 Å². The van der Waals surface area contributed by atoms with Gasteiger partial charge in [-0.05, 0) is 24.3 Å². The molecule has 2 heterocycles. The summed E-state index contributed by atoms with van der Waals surface area (Å²) >= 11 is 13.5. The predicted octanol–water partition coefficient (Wildman–Crippen LogP) is 4.67. The summed E-state index contributed by atoms with van der Waals surface area (Å²) in [7, 11) is 0. The van der Waals surface area contributed by atoms with Gasteiger partial charge in [0.25, 0.3) is 0 Å². The molecule has 2 nitrogen and oxygen atoms in total. The molecule has 0 fully saturated rings. The number of aromatic nitrogens is 2. The molecular formula is C12H6Cl2N2S. The van der Waals surface area contributed by atoms with Crippen molar-refractivity contribution in [2.45, 2.75) is 0 Å². The van der Waals surface area contributed by atoms with Gasteiger partial charge in [-0.25, -0.2) is 9.97 Å². The Bertz CT molecular complexity index is 694. The first-order valence-corrected chi connectivity index (χ1v) is 6.49. The fourth-order valence-electron chi connectivity index (χ4n) is 1.58. The lowest BCUT2D eigenvalue weighted by Gasteiger charge is -2.02. The first-order valence-electron chi connectivity index (χ1n) is 4.92. The number of benzene rings is 1. The molecule has 0 amide bonds. The van der Waals surface area contributed by atoms with Gasteiger partial charge < -0.3 is 0 Å². The highest BCUT2D eigenvalue weighted by Crippen LogP contribution is 2.31. The quantitative estimate of drug-likeness (QED) is 0.606. The van der Waals surface area contributed by atoms with Crippen LogP contribution in [0.15, 0.2) is 36.4 Å². The molecule has 0 saturated heterocycles. The second-order valence-electron chi connectivity index (χ2n) is 3.46. The van der Waals surface area contributed by atoms with Crippen LogP contribution in [-0.2, 0) is 0 Å². The van der Waals surface area contributed by atoms with E-state index in [9.17, 15) is 0 Å². The molecule has 0 spiro atoms. The van der Waals surface area contributed by atoms with Crippen LogP contribution in [-0.4, -0.2) is 9.97 Å². The van der Waals surface area contributed by atoms with E-state index in [4.69, 9.17) is 23.2 Å². The third kappa shape index (κ3) is 2.02. The van der Waals surface area contributed by atoms with Crippen LogP contribution in [0.1, 0.15) is 0 Å². The van der Waals surface area contributed by atoms with E-state index in [1.54, 1.807) is 0 Å². The molecule has 0 radical (unpaired) electrons. The number of nitrogens with zero attached hydrogens (tertiary/aromatic N) is 2. The van der Waals surface area contributed by atoms with Crippen LogP contribution in [0.5, 0.6) is 0 Å². The Balaban J connectivity index is 2.25. The zero-order chi connectivity index (χ0) is 11.8. The number of rotatable bonds is 1. The van der Waals surface area contributed by atoms with Crippen molar-refractivity contribution in [3.63, 3.8) is 0 Å². The summed E-state index contributed by atoms with van der Waals surface area (Å²) in [6.45, 7) is 0. The molecule has 0 aliphatic carbocycles. The number of fused-ring (bicyclic) bond motifs is 1. The highest BCUT2D eigenvalue weighted by atomic mass is 35.5. The van der Waals surface area contributed by atoms with Gasteiger partial charge >= 0.3 is 0 Å². The summed E-state index contributed by atoms with van der Waals surface area (Å²) in [5.41, 5.74) is 0.840. The van der Waals surface area contributed by atoms with E-state index in [2.05, 4.69) is 9.97 Å². The molecule has 1 aromatic carbocycles. The largest absolute Gasteiger partial charge is 0.227 e. The van der Waals surface area contributed by atoms with Crippen molar-refractivity contribution in [3.05, 3.63) is 45.9 Å². The van der Waals surface area contributed by atoms with Crippen molar-refractivity contribution < 1.29 is 0 Å². The monoisotopic (exact) mass is 280 g/mol. The van der Waals surface area contributed by atoms with Gasteiger partial charge in [0, 0.05) is 5.39 Å². The summed E-state index contributed by atoms with van der Waals surface area (Å²) in [6.07, 6.45) is 0. The maximum Gasteiger partial charge on any atom is 0.171 e. The summed E-state index contributed by atoms with van der Waals surface area (Å²) < 4.78 is 0.716. The average Bonchev–Trinajstić information content (AvgIpc) is 2.76. The van der Waals surface area contributed by atoms with Gasteiger partial charge in [-0.15, -0.1) is 11.3 Å². The number of hydrogen-bond donors (Lipinski definition) is 0. The van der Waals surface area contributed by atoms with Gasteiger partial charge in [0.2, 0.25) is 0 Å². The van der Waals surface area contributed by atoms with Crippen molar-refractivity contribution in [1.82, 2.24) is 9.97 Å². The Morgan fingerprint density at radius 3 is 2.53 bits per heavy atom. The Morgan fingerprint density at radius 2 is 1.76 bits per heavy atom. The van der Waals surface area contributed by atoms with Crippen molar-refractivity contribution in [2.75, 3.05) is 0 Å². The fraction of sp³-hybridized carbons (Fsp3) is 0. The van der Waals surface area contributed by atoms with Crippen LogP contribution in [0, 0.1) is 0 Å². The van der Waals surface area contributed by atoms with E-state index in [-0.39, 0.29) is 0 Å². The summed E-state index contributed by atoms with van der Waals surface area (Å²) in [5, 5.41) is 1.33. The van der Waals surface area contributed by atoms with E-state index in [1.165, 1.54) is 11.3 Å². The van der Waals surface area contributed by atoms with E-state index >= 15 is 0 Å². The van der Waals surface area contributed by atoms with E-state index < -0.39 is 0 Å². The van der Waals surface area contributed by atoms with Crippen LogP contribution >= 0.6 is 34.5 Å². The molecule has 0 saturated carbocycles. The standard InChI is InChI=1S/C12H6Cl2N2S/c13-10-6-5-9(17-10)12-15-8-4-2-1-3-7(8)11(14)16-12/h1-6H. The highest BCUT2D eigenvalue weighted by molar-refractivity contribution is 7.19. The lowest BCUT2D eigenvalue weighted by Crippen LogP contribution is -1.89. The Labute approximate surface area is 112 Å². The van der Waals surface area contributed by atoms with Crippen LogP contribution in [0.3, 0.4) is 0 Å². The SMILES string of the molecule is Clc1ccc(-c2nc(Cl)c3ccccc3n2)s1. The van der Waals surface area contributed by atoms with E-state index in [0.717, 1.165) is 15.8 Å². The van der Waals surface area contributed by atoms with Crippen LogP contribution < -0.4 is 0 Å². The minimum Gasteiger partial charge on any atom is -0.227 e. The van der Waals surface area contributed by atoms with E-state index in [1.807, 2.05) is 36.4 Å². The third-order valence-electron chi connectivity index (χ3n) is 2.35. The highest BCUT2D eigenvalue weighted by Gasteiger charge is 2.09. The lowest BCUT2D eigenvalue weighted by molar-refractivity contribution is 1.24. The number of para-hydroxylation sites is 1. The molecule has 84 valence electrons. The zero-order valence-corrected chi connectivity index (χ0v) is 10.9. The topological polar surface area (TPSA) is 25.8 Å². The van der Waals surface area contributed by atoms with Crippen LogP contribution in [0.4, 0.5) is 0 Å². The van der Waals surface area contributed by atoms with Crippen molar-refractivity contribution >= 4 is 45.4 Å². The molecule has 17 heavy (non-hydrogen) atoms. The normalized spacial score (nSPS) is 10.9. The predicted molar refractivity (Wildman–Crippen MR) is 72.9 cm³/mol. The number of thiophene rings is 1. The molecule has 0 aliphatic rings. The van der Waals surface area contributed by atoms with Gasteiger partial charge in [0.15, 0.2) is 5.82 Å². The molecule has 0 atom stereocenters. The lowest BCUT2D eigenvalue weighted by atomic mass is 10.2. The summed E-state index contributed by atoms with van der Waals surface area (Å²) in [5.74, 6) is 0.616. The first kappa shape index (κ1) is 11.0. The molecule has 3 aromatic rings. The van der Waals surface area contributed by atoms with Crippen LogP contribution in [0.2, 0.25) is 9.49 Å². The van der Waals surface area contributed by atoms with E-state index in [0.29, 0.717) is 15.3 Å². The minimum absolute atomic E-state index is 0.468. The summed E-state index contributed by atoms with van der Waals surface area (Å²) in [4.78, 5) is 9.69. The molecule has 5 heteroatoms. The molecule has 0 N–H and O–H groups in total. The zero-order valence-electron chi connectivity index (χ0n) is 8.52. The maximum absolute atomic E-state index is 6.14. The second-order valence-corrected chi connectivity index (χ2v) is 5.53. The molecule has 0 aliphatic heterocycles. The average molecular weight is 281 g/mol. The molecule has 2 aromatic heterocycles. The van der Waals surface area contributed by atoms with Gasteiger partial charge in [-0.2, -0.15) is 0 Å². The molecule has 0 bridgehead atoms. The van der Waals surface area contributed by atoms with Crippen molar-refractivity contribution in [2.24, 2.45) is 0 Å². The number of halogens is 2. The van der Waals surface area contributed by atoms with Gasteiger partial charge in [-0.1, -0.05) is 35.3 Å². The van der Waals surface area contributed by atoms with Gasteiger partial charge in [0.1, 0.15) is 5.15 Å². The van der Waals surface area contributed by atoms with Crippen molar-refractivity contribution in [1.29, 1.82) is 0 Å². The second kappa shape index (κ2) is 4.26. The Hall–Kier alpha value is -1.16. The Kier molecular flexibility index (Phi) is 2.74. The van der Waals surface area contributed by atoms with Crippen molar-refractivity contribution in [3.8, 4) is 10.7 Å².